The van der Waals surface area contributed by atoms with Gasteiger partial charge in [-0.2, -0.15) is 13.2 Å². The van der Waals surface area contributed by atoms with Gasteiger partial charge in [0, 0.05) is 19.1 Å². The van der Waals surface area contributed by atoms with Crippen LogP contribution in [0.1, 0.15) is 20.8 Å². The zero-order valence-corrected chi connectivity index (χ0v) is 9.80. The van der Waals surface area contributed by atoms with Gasteiger partial charge in [0.1, 0.15) is 0 Å². The quantitative estimate of drug-likeness (QED) is 0.778. The average Bonchev–Trinajstić information content (AvgIpc) is 2.10. The van der Waals surface area contributed by atoms with E-state index >= 15 is 0 Å². The van der Waals surface area contributed by atoms with Crippen LogP contribution in [0.15, 0.2) is 0 Å². The third kappa shape index (κ3) is 4.84. The highest BCUT2D eigenvalue weighted by Gasteiger charge is 2.39. The Kier molecular flexibility index (Phi) is 5.59. The molecule has 0 saturated heterocycles. The number of nitrogens with two attached hydrogens (primary N) is 1. The summed E-state index contributed by atoms with van der Waals surface area (Å²) in [5.41, 5.74) is 5.14. The molecule has 0 amide bonds. The minimum Gasteiger partial charge on any atom is -0.330 e. The fourth-order valence-corrected chi connectivity index (χ4v) is 1.33. The van der Waals surface area contributed by atoms with Crippen molar-refractivity contribution in [2.45, 2.75) is 33.0 Å². The maximum absolute atomic E-state index is 12.4. The van der Waals surface area contributed by atoms with Crippen LogP contribution in [-0.2, 0) is 0 Å². The lowest BCUT2D eigenvalue weighted by atomic mass is 10.0. The van der Waals surface area contributed by atoms with Crippen molar-refractivity contribution in [2.75, 3.05) is 20.1 Å². The van der Waals surface area contributed by atoms with Gasteiger partial charge in [-0.1, -0.05) is 13.8 Å². The number of alkyl halides is 3. The smallest absolute Gasteiger partial charge is 0.330 e. The number of rotatable bonds is 5. The van der Waals surface area contributed by atoms with Crippen LogP contribution in [-0.4, -0.2) is 37.3 Å². The van der Waals surface area contributed by atoms with Crippen molar-refractivity contribution >= 4 is 0 Å². The van der Waals surface area contributed by atoms with E-state index in [1.165, 1.54) is 0 Å². The van der Waals surface area contributed by atoms with Gasteiger partial charge in [0.2, 0.25) is 0 Å². The van der Waals surface area contributed by atoms with Crippen molar-refractivity contribution in [1.82, 2.24) is 4.90 Å². The lowest BCUT2D eigenvalue weighted by Crippen LogP contribution is -2.43. The third-order valence-corrected chi connectivity index (χ3v) is 2.92. The SMILES string of the molecule is CC(C)C(C)N(C)CC(CN)C(F)(F)F. The number of nitrogens with zero attached hydrogens (tertiary/aromatic N) is 1. The van der Waals surface area contributed by atoms with Crippen LogP contribution in [0, 0.1) is 11.8 Å². The Morgan fingerprint density at radius 1 is 1.20 bits per heavy atom. The summed E-state index contributed by atoms with van der Waals surface area (Å²) in [5, 5.41) is 0. The van der Waals surface area contributed by atoms with E-state index in [9.17, 15) is 13.2 Å². The Hall–Kier alpha value is -0.290. The van der Waals surface area contributed by atoms with Crippen molar-refractivity contribution in [3.05, 3.63) is 0 Å². The molecule has 0 aromatic rings. The van der Waals surface area contributed by atoms with Crippen LogP contribution in [0.5, 0.6) is 0 Å². The first-order valence-electron chi connectivity index (χ1n) is 5.17. The molecule has 92 valence electrons. The molecule has 0 rings (SSSR count). The molecule has 0 radical (unpaired) electrons. The molecule has 0 bridgehead atoms. The molecular formula is C10H21F3N2. The molecule has 0 aliphatic carbocycles. The summed E-state index contributed by atoms with van der Waals surface area (Å²) in [6.07, 6.45) is -4.19. The highest BCUT2D eigenvalue weighted by atomic mass is 19.4. The molecule has 2 atom stereocenters. The molecule has 2 nitrogen and oxygen atoms in total. The lowest BCUT2D eigenvalue weighted by Gasteiger charge is -2.31. The molecule has 0 saturated carbocycles. The molecule has 0 spiro atoms. The van der Waals surface area contributed by atoms with Crippen LogP contribution in [0.4, 0.5) is 13.2 Å². The fourth-order valence-electron chi connectivity index (χ4n) is 1.33. The normalized spacial score (nSPS) is 17.2. The van der Waals surface area contributed by atoms with E-state index in [-0.39, 0.29) is 19.1 Å². The summed E-state index contributed by atoms with van der Waals surface area (Å²) in [6.45, 7) is 5.53. The van der Waals surface area contributed by atoms with E-state index < -0.39 is 12.1 Å². The second-order valence-electron chi connectivity index (χ2n) is 4.40. The molecular weight excluding hydrogens is 205 g/mol. The Balaban J connectivity index is 4.31. The largest absolute Gasteiger partial charge is 0.394 e. The zero-order valence-electron chi connectivity index (χ0n) is 9.80. The Morgan fingerprint density at radius 3 is 1.93 bits per heavy atom. The summed E-state index contributed by atoms with van der Waals surface area (Å²) in [5.74, 6) is -1.09. The minimum atomic E-state index is -4.19. The highest BCUT2D eigenvalue weighted by molar-refractivity contribution is 4.75. The molecule has 0 heterocycles. The molecule has 5 heteroatoms. The molecule has 0 aliphatic heterocycles. The second-order valence-corrected chi connectivity index (χ2v) is 4.40. The van der Waals surface area contributed by atoms with Crippen molar-refractivity contribution in [3.63, 3.8) is 0 Å². The van der Waals surface area contributed by atoms with Crippen LogP contribution >= 0.6 is 0 Å². The van der Waals surface area contributed by atoms with Crippen molar-refractivity contribution in [3.8, 4) is 0 Å². The lowest BCUT2D eigenvalue weighted by molar-refractivity contribution is -0.176. The van der Waals surface area contributed by atoms with Gasteiger partial charge >= 0.3 is 6.18 Å². The van der Waals surface area contributed by atoms with Crippen molar-refractivity contribution < 1.29 is 13.2 Å². The number of hydrogen-bond acceptors (Lipinski definition) is 2. The van der Waals surface area contributed by atoms with Gasteiger partial charge in [0.15, 0.2) is 0 Å². The summed E-state index contributed by atoms with van der Waals surface area (Å²) in [4.78, 5) is 1.72. The van der Waals surface area contributed by atoms with Gasteiger partial charge in [0.25, 0.3) is 0 Å². The van der Waals surface area contributed by atoms with E-state index in [1.807, 2.05) is 20.8 Å². The maximum atomic E-state index is 12.4. The second kappa shape index (κ2) is 5.70. The maximum Gasteiger partial charge on any atom is 0.394 e. The van der Waals surface area contributed by atoms with Crippen LogP contribution < -0.4 is 5.73 Å². The van der Waals surface area contributed by atoms with E-state index in [1.54, 1.807) is 11.9 Å². The molecule has 2 unspecified atom stereocenters. The first-order chi connectivity index (χ1) is 6.70. The van der Waals surface area contributed by atoms with Gasteiger partial charge < -0.3 is 10.6 Å². The predicted octanol–water partition coefficient (Wildman–Crippen LogP) is 2.10. The van der Waals surface area contributed by atoms with E-state index in [4.69, 9.17) is 5.73 Å². The molecule has 0 fully saturated rings. The molecule has 0 aromatic heterocycles. The van der Waals surface area contributed by atoms with Gasteiger partial charge in [-0.05, 0) is 19.9 Å². The Bertz CT molecular complexity index is 180. The zero-order chi connectivity index (χ0) is 12.2. The van der Waals surface area contributed by atoms with Gasteiger partial charge in [-0.25, -0.2) is 0 Å². The van der Waals surface area contributed by atoms with E-state index in [2.05, 4.69) is 0 Å². The summed E-state index contributed by atoms with van der Waals surface area (Å²) < 4.78 is 37.3. The highest BCUT2D eigenvalue weighted by Crippen LogP contribution is 2.26. The third-order valence-electron chi connectivity index (χ3n) is 2.92. The van der Waals surface area contributed by atoms with E-state index in [0.717, 1.165) is 0 Å². The average molecular weight is 226 g/mol. The fraction of sp³-hybridized carbons (Fsp3) is 1.00. The van der Waals surface area contributed by atoms with E-state index in [0.29, 0.717) is 5.92 Å². The van der Waals surface area contributed by atoms with Crippen LogP contribution in [0.3, 0.4) is 0 Å². The monoisotopic (exact) mass is 226 g/mol. The van der Waals surface area contributed by atoms with Gasteiger partial charge in [-0.15, -0.1) is 0 Å². The molecule has 0 aliphatic rings. The predicted molar refractivity (Wildman–Crippen MR) is 55.5 cm³/mol. The first kappa shape index (κ1) is 14.7. The standard InChI is InChI=1S/C10H21F3N2/c1-7(2)8(3)15(4)6-9(5-14)10(11,12)13/h7-9H,5-6,14H2,1-4H3. The van der Waals surface area contributed by atoms with Crippen molar-refractivity contribution in [2.24, 2.45) is 17.6 Å². The summed E-state index contributed by atoms with van der Waals surface area (Å²) in [7, 11) is 1.71. The molecule has 0 aromatic carbocycles. The Labute approximate surface area is 89.6 Å². The molecule has 15 heavy (non-hydrogen) atoms. The Morgan fingerprint density at radius 2 is 1.67 bits per heavy atom. The van der Waals surface area contributed by atoms with Crippen LogP contribution in [0.2, 0.25) is 0 Å². The van der Waals surface area contributed by atoms with Gasteiger partial charge in [-0.3, -0.25) is 0 Å². The topological polar surface area (TPSA) is 29.3 Å². The van der Waals surface area contributed by atoms with Crippen molar-refractivity contribution in [1.29, 1.82) is 0 Å². The van der Waals surface area contributed by atoms with Crippen LogP contribution in [0.25, 0.3) is 0 Å². The van der Waals surface area contributed by atoms with Gasteiger partial charge in [0.05, 0.1) is 5.92 Å². The number of halogens is 3. The summed E-state index contributed by atoms with van der Waals surface area (Å²) in [6, 6.07) is 0.126. The minimum absolute atomic E-state index is 0.0284. The first-order valence-corrected chi connectivity index (χ1v) is 5.17. The summed E-state index contributed by atoms with van der Waals surface area (Å²) >= 11 is 0. The molecule has 2 N–H and O–H groups in total. The number of hydrogen-bond donors (Lipinski definition) is 1.